The van der Waals surface area contributed by atoms with Crippen LogP contribution < -0.4 is 0 Å². The molecule has 1 saturated heterocycles. The van der Waals surface area contributed by atoms with Crippen LogP contribution in [0.2, 0.25) is 19.6 Å². The largest absolute Gasteiger partial charge is 0.545 e. The minimum absolute atomic E-state index is 0.340. The van der Waals surface area contributed by atoms with Crippen molar-refractivity contribution in [3.8, 4) is 0 Å². The van der Waals surface area contributed by atoms with Crippen molar-refractivity contribution >= 4 is 32.2 Å². The summed E-state index contributed by atoms with van der Waals surface area (Å²) in [6, 6.07) is 0. The smallest absolute Gasteiger partial charge is 0.303 e. The Morgan fingerprint density at radius 2 is 1.36 bits per heavy atom. The number of hydrogen-bond donors (Lipinski definition) is 0. The van der Waals surface area contributed by atoms with Crippen LogP contribution in [-0.2, 0) is 52.0 Å². The van der Waals surface area contributed by atoms with Crippen molar-refractivity contribution in [3.05, 3.63) is 24.7 Å². The Labute approximate surface area is 194 Å². The zero-order valence-electron chi connectivity index (χ0n) is 19.9. The Morgan fingerprint density at radius 1 is 0.848 bits per heavy atom. The number of rotatable bonds is 10. The quantitative estimate of drug-likeness (QED) is 0.147. The van der Waals surface area contributed by atoms with Crippen molar-refractivity contribution in [2.75, 3.05) is 6.61 Å². The molecule has 0 aromatic heterocycles. The number of hydrogen-bond acceptors (Lipinski definition) is 11. The van der Waals surface area contributed by atoms with Crippen molar-refractivity contribution < 1.29 is 52.0 Å². The van der Waals surface area contributed by atoms with Crippen molar-refractivity contribution in [2.45, 2.75) is 78.0 Å². The summed E-state index contributed by atoms with van der Waals surface area (Å²) >= 11 is 0. The number of ether oxygens (including phenoxy) is 6. The first-order valence-corrected chi connectivity index (χ1v) is 13.6. The van der Waals surface area contributed by atoms with Gasteiger partial charge in [-0.25, -0.2) is 0 Å². The molecule has 11 nitrogen and oxygen atoms in total. The standard InChI is InChI=1S/C21H32O11Si/c1-12(32-33(6,7)8)9-10-26-21-20(30-16(5)25)19(29-15(4)24)18(28-14(3)23)17(31-21)11-27-13(2)22/h9-10,17-21H,1,11H2,2-8H3/t17-,18-,19+,20-,21-/m1/s1. The van der Waals surface area contributed by atoms with Crippen LogP contribution in [0.15, 0.2) is 24.7 Å². The Bertz CT molecular complexity index is 771. The summed E-state index contributed by atoms with van der Waals surface area (Å²) in [5.41, 5.74) is 0. The molecule has 33 heavy (non-hydrogen) atoms. The fourth-order valence-electron chi connectivity index (χ4n) is 2.92. The summed E-state index contributed by atoms with van der Waals surface area (Å²) in [5.74, 6) is -2.42. The van der Waals surface area contributed by atoms with Crippen molar-refractivity contribution in [1.82, 2.24) is 0 Å². The average molecular weight is 489 g/mol. The second-order valence-corrected chi connectivity index (χ2v) is 12.6. The molecule has 12 heteroatoms. The molecule has 1 aliphatic rings. The molecule has 0 N–H and O–H groups in total. The number of carbonyl (C=O) groups is 4. The van der Waals surface area contributed by atoms with E-state index in [0.717, 1.165) is 20.8 Å². The first-order valence-electron chi connectivity index (χ1n) is 10.2. The van der Waals surface area contributed by atoms with Gasteiger partial charge < -0.3 is 32.8 Å². The predicted octanol–water partition coefficient (Wildman–Crippen LogP) is 1.96. The molecule has 1 fully saturated rings. The van der Waals surface area contributed by atoms with Gasteiger partial charge in [0.15, 0.2) is 12.2 Å². The number of allylic oxidation sites excluding steroid dienone is 1. The maximum absolute atomic E-state index is 11.8. The summed E-state index contributed by atoms with van der Waals surface area (Å²) in [5, 5.41) is 0. The summed E-state index contributed by atoms with van der Waals surface area (Å²) in [6.07, 6.45) is -3.57. The second-order valence-electron chi connectivity index (χ2n) is 8.19. The van der Waals surface area contributed by atoms with E-state index in [2.05, 4.69) is 6.58 Å². The molecule has 1 aliphatic heterocycles. The van der Waals surface area contributed by atoms with Crippen LogP contribution in [-0.4, -0.2) is 69.5 Å². The zero-order chi connectivity index (χ0) is 25.3. The van der Waals surface area contributed by atoms with Crippen molar-refractivity contribution in [3.63, 3.8) is 0 Å². The van der Waals surface area contributed by atoms with Crippen molar-refractivity contribution in [1.29, 1.82) is 0 Å². The van der Waals surface area contributed by atoms with Gasteiger partial charge in [0.1, 0.15) is 12.7 Å². The lowest BCUT2D eigenvalue weighted by molar-refractivity contribution is -0.297. The van der Waals surface area contributed by atoms with Gasteiger partial charge in [-0.05, 0) is 19.6 Å². The van der Waals surface area contributed by atoms with Crippen LogP contribution in [0.1, 0.15) is 27.7 Å². The van der Waals surface area contributed by atoms with Crippen molar-refractivity contribution in [2.24, 2.45) is 0 Å². The lowest BCUT2D eigenvalue weighted by Crippen LogP contribution is -2.62. The molecular weight excluding hydrogens is 456 g/mol. The highest BCUT2D eigenvalue weighted by Crippen LogP contribution is 2.30. The Balaban J connectivity index is 3.25. The predicted molar refractivity (Wildman–Crippen MR) is 116 cm³/mol. The van der Waals surface area contributed by atoms with E-state index in [1.165, 1.54) is 19.3 Å². The fraction of sp³-hybridized carbons (Fsp3) is 0.619. The van der Waals surface area contributed by atoms with Gasteiger partial charge in [0.05, 0.1) is 12.0 Å². The van der Waals surface area contributed by atoms with Gasteiger partial charge in [0, 0.05) is 33.8 Å². The van der Waals surface area contributed by atoms with Gasteiger partial charge in [-0.3, -0.25) is 19.2 Å². The normalized spacial score (nSPS) is 25.0. The third-order valence-electron chi connectivity index (χ3n) is 3.85. The number of esters is 4. The highest BCUT2D eigenvalue weighted by atomic mass is 28.4. The van der Waals surface area contributed by atoms with Crippen LogP contribution in [0.3, 0.4) is 0 Å². The van der Waals surface area contributed by atoms with Gasteiger partial charge in [-0.1, -0.05) is 6.58 Å². The lowest BCUT2D eigenvalue weighted by Gasteiger charge is -2.43. The summed E-state index contributed by atoms with van der Waals surface area (Å²) in [6.45, 7) is 14.0. The zero-order valence-corrected chi connectivity index (χ0v) is 20.9. The van der Waals surface area contributed by atoms with E-state index in [9.17, 15) is 19.2 Å². The molecule has 0 amide bonds. The van der Waals surface area contributed by atoms with Crippen LogP contribution in [0.5, 0.6) is 0 Å². The van der Waals surface area contributed by atoms with E-state index in [1.54, 1.807) is 0 Å². The average Bonchev–Trinajstić information content (AvgIpc) is 2.62. The molecule has 5 atom stereocenters. The fourth-order valence-corrected chi connectivity index (χ4v) is 3.77. The Kier molecular flexibility index (Phi) is 10.6. The summed E-state index contributed by atoms with van der Waals surface area (Å²) in [4.78, 5) is 46.6. The van der Waals surface area contributed by atoms with Gasteiger partial charge in [-0.2, -0.15) is 0 Å². The molecule has 1 rings (SSSR count). The third-order valence-corrected chi connectivity index (χ3v) is 4.73. The minimum atomic E-state index is -1.89. The van der Waals surface area contributed by atoms with E-state index < -0.39 is 62.9 Å². The molecule has 0 aromatic rings. The maximum atomic E-state index is 11.8. The first-order chi connectivity index (χ1) is 15.2. The molecule has 0 aromatic carbocycles. The van der Waals surface area contributed by atoms with Gasteiger partial charge in [-0.15, -0.1) is 0 Å². The molecule has 0 bridgehead atoms. The van der Waals surface area contributed by atoms with Gasteiger partial charge in [0.25, 0.3) is 0 Å². The van der Waals surface area contributed by atoms with E-state index in [0.29, 0.717) is 5.76 Å². The van der Waals surface area contributed by atoms with Crippen LogP contribution in [0, 0.1) is 0 Å². The lowest BCUT2D eigenvalue weighted by atomic mass is 9.98. The SMILES string of the molecule is C=C(C=CO[C@@H]1O[C@H](COC(C)=O)[C@@H](OC(C)=O)[C@H](OC(C)=O)[C@H]1OC(C)=O)O[Si](C)(C)C. The highest BCUT2D eigenvalue weighted by molar-refractivity contribution is 6.70. The first kappa shape index (κ1) is 28.2. The highest BCUT2D eigenvalue weighted by Gasteiger charge is 2.53. The van der Waals surface area contributed by atoms with E-state index >= 15 is 0 Å². The van der Waals surface area contributed by atoms with E-state index in [4.69, 9.17) is 32.8 Å². The molecule has 0 saturated carbocycles. The second kappa shape index (κ2) is 12.4. The maximum Gasteiger partial charge on any atom is 0.303 e. The Hall–Kier alpha value is -2.86. The van der Waals surface area contributed by atoms with Crippen LogP contribution >= 0.6 is 0 Å². The molecule has 0 unspecified atom stereocenters. The van der Waals surface area contributed by atoms with Gasteiger partial charge in [0.2, 0.25) is 20.7 Å². The molecule has 0 spiro atoms. The monoisotopic (exact) mass is 488 g/mol. The third kappa shape index (κ3) is 10.5. The molecule has 1 heterocycles. The minimum Gasteiger partial charge on any atom is -0.545 e. The van der Waals surface area contributed by atoms with E-state index in [-0.39, 0.29) is 6.61 Å². The summed E-state index contributed by atoms with van der Waals surface area (Å²) in [7, 11) is -1.89. The topological polar surface area (TPSA) is 133 Å². The molecule has 0 aliphatic carbocycles. The molecule has 0 radical (unpaired) electrons. The molecular formula is C21H32O11Si. The van der Waals surface area contributed by atoms with Gasteiger partial charge >= 0.3 is 23.9 Å². The number of carbonyl (C=O) groups excluding carboxylic acids is 4. The van der Waals surface area contributed by atoms with Crippen LogP contribution in [0.25, 0.3) is 0 Å². The Morgan fingerprint density at radius 3 is 1.85 bits per heavy atom. The van der Waals surface area contributed by atoms with Crippen LogP contribution in [0.4, 0.5) is 0 Å². The van der Waals surface area contributed by atoms with E-state index in [1.807, 2.05) is 19.6 Å². The summed E-state index contributed by atoms with van der Waals surface area (Å²) < 4.78 is 38.0. The molecule has 186 valence electrons.